The van der Waals surface area contributed by atoms with Gasteiger partial charge in [-0.05, 0) is 6.92 Å². The number of nitrogens with two attached hydrogens (primary N) is 1. The molecule has 66 valence electrons. The summed E-state index contributed by atoms with van der Waals surface area (Å²) in [5.74, 6) is 0. The Morgan fingerprint density at radius 3 is 2.64 bits per heavy atom. The van der Waals surface area contributed by atoms with E-state index in [0.29, 0.717) is 13.1 Å². The molecule has 0 aromatic rings. The van der Waals surface area contributed by atoms with E-state index in [0.717, 1.165) is 6.61 Å². The zero-order chi connectivity index (χ0) is 7.56. The van der Waals surface area contributed by atoms with Gasteiger partial charge in [0.1, 0.15) is 0 Å². The molecular weight excluding hydrogens is 168 g/mol. The van der Waals surface area contributed by atoms with E-state index in [1.54, 1.807) is 4.90 Å². The number of halogens is 1. The fourth-order valence-corrected chi connectivity index (χ4v) is 0.794. The first-order valence-corrected chi connectivity index (χ1v) is 3.40. The largest absolute Gasteiger partial charge is 0.371 e. The van der Waals surface area contributed by atoms with Crippen molar-refractivity contribution in [2.45, 2.75) is 13.0 Å². The molecule has 0 spiro atoms. The van der Waals surface area contributed by atoms with Crippen molar-refractivity contribution in [3.05, 3.63) is 0 Å². The molecule has 1 atom stereocenters. The summed E-state index contributed by atoms with van der Waals surface area (Å²) < 4.78 is 4.94. The van der Waals surface area contributed by atoms with Crippen LogP contribution in [0.2, 0.25) is 0 Å². The molecule has 1 fully saturated rings. The minimum Gasteiger partial charge on any atom is -0.371 e. The lowest BCUT2D eigenvalue weighted by molar-refractivity contribution is 0.204. The molecule has 0 bridgehead atoms. The Morgan fingerprint density at radius 2 is 2.36 bits per heavy atom. The standard InChI is InChI=1S/C6H12N2O2.ClH/c1-2-8(6(7)9)3-5-4-10-5;/h5H,2-4H2,1H3,(H2,7,9);1H. The highest BCUT2D eigenvalue weighted by Crippen LogP contribution is 2.09. The number of carbonyl (C=O) groups is 1. The highest BCUT2D eigenvalue weighted by Gasteiger charge is 2.25. The molecule has 0 saturated carbocycles. The number of likely N-dealkylation sites (N-methyl/N-ethyl adjacent to an activating group) is 1. The van der Waals surface area contributed by atoms with Crippen molar-refractivity contribution < 1.29 is 9.53 Å². The summed E-state index contributed by atoms with van der Waals surface area (Å²) in [5.41, 5.74) is 5.05. The molecular formula is C6H13ClN2O2. The van der Waals surface area contributed by atoms with Crippen molar-refractivity contribution in [2.75, 3.05) is 19.7 Å². The lowest BCUT2D eigenvalue weighted by Crippen LogP contribution is -2.38. The van der Waals surface area contributed by atoms with Crippen LogP contribution in [0.5, 0.6) is 0 Å². The number of epoxide rings is 1. The second kappa shape index (κ2) is 4.41. The van der Waals surface area contributed by atoms with Crippen LogP contribution in [0.25, 0.3) is 0 Å². The van der Waals surface area contributed by atoms with Crippen molar-refractivity contribution in [3.8, 4) is 0 Å². The van der Waals surface area contributed by atoms with E-state index in [4.69, 9.17) is 10.5 Å². The van der Waals surface area contributed by atoms with Crippen LogP contribution in [0.15, 0.2) is 0 Å². The Bertz CT molecular complexity index is 139. The number of hydrogen-bond acceptors (Lipinski definition) is 2. The number of urea groups is 1. The average molecular weight is 181 g/mol. The van der Waals surface area contributed by atoms with Crippen molar-refractivity contribution >= 4 is 18.4 Å². The first kappa shape index (κ1) is 10.5. The van der Waals surface area contributed by atoms with Gasteiger partial charge in [-0.3, -0.25) is 0 Å². The smallest absolute Gasteiger partial charge is 0.314 e. The molecule has 1 rings (SSSR count). The maximum Gasteiger partial charge on any atom is 0.314 e. The minimum absolute atomic E-state index is 0. The maximum atomic E-state index is 10.6. The van der Waals surface area contributed by atoms with Gasteiger partial charge >= 0.3 is 6.03 Å². The topological polar surface area (TPSA) is 58.9 Å². The minimum atomic E-state index is -0.363. The molecule has 0 aliphatic carbocycles. The van der Waals surface area contributed by atoms with Crippen LogP contribution in [0.4, 0.5) is 4.79 Å². The molecule has 1 unspecified atom stereocenters. The number of nitrogens with zero attached hydrogens (tertiary/aromatic N) is 1. The third-order valence-corrected chi connectivity index (χ3v) is 1.52. The van der Waals surface area contributed by atoms with Gasteiger partial charge in [-0.2, -0.15) is 0 Å². The summed E-state index contributed by atoms with van der Waals surface area (Å²) in [6, 6.07) is -0.363. The summed E-state index contributed by atoms with van der Waals surface area (Å²) in [4.78, 5) is 12.2. The highest BCUT2D eigenvalue weighted by molar-refractivity contribution is 5.85. The fraction of sp³-hybridized carbons (Fsp3) is 0.833. The normalized spacial score (nSPS) is 20.3. The molecule has 2 amide bonds. The van der Waals surface area contributed by atoms with E-state index in [1.165, 1.54) is 0 Å². The zero-order valence-electron chi connectivity index (χ0n) is 6.45. The molecule has 1 aliphatic heterocycles. The van der Waals surface area contributed by atoms with E-state index in [2.05, 4.69) is 0 Å². The summed E-state index contributed by atoms with van der Waals surface area (Å²) in [6.07, 6.45) is 0.243. The number of hydrogen-bond donors (Lipinski definition) is 1. The predicted octanol–water partition coefficient (Wildman–Crippen LogP) is 0.208. The van der Waals surface area contributed by atoms with Crippen LogP contribution in [-0.4, -0.2) is 36.7 Å². The second-order valence-electron chi connectivity index (χ2n) is 2.33. The molecule has 2 N–H and O–H groups in total. The van der Waals surface area contributed by atoms with Gasteiger partial charge in [0.2, 0.25) is 0 Å². The van der Waals surface area contributed by atoms with E-state index in [9.17, 15) is 4.79 Å². The van der Waals surface area contributed by atoms with Crippen molar-refractivity contribution in [2.24, 2.45) is 5.73 Å². The van der Waals surface area contributed by atoms with Gasteiger partial charge in [-0.1, -0.05) is 0 Å². The Labute approximate surface area is 72.1 Å². The highest BCUT2D eigenvalue weighted by atomic mass is 35.5. The van der Waals surface area contributed by atoms with Gasteiger partial charge in [0.15, 0.2) is 0 Å². The summed E-state index contributed by atoms with van der Waals surface area (Å²) in [6.45, 7) is 3.97. The molecule has 0 aromatic carbocycles. The maximum absolute atomic E-state index is 10.6. The summed E-state index contributed by atoms with van der Waals surface area (Å²) >= 11 is 0. The number of amides is 2. The van der Waals surface area contributed by atoms with E-state index < -0.39 is 0 Å². The zero-order valence-corrected chi connectivity index (χ0v) is 7.26. The number of primary amides is 1. The molecule has 4 nitrogen and oxygen atoms in total. The Balaban J connectivity index is 0.000001000. The molecule has 0 aromatic heterocycles. The lowest BCUT2D eigenvalue weighted by atomic mass is 10.4. The Morgan fingerprint density at radius 1 is 1.82 bits per heavy atom. The van der Waals surface area contributed by atoms with Crippen molar-refractivity contribution in [1.82, 2.24) is 4.90 Å². The van der Waals surface area contributed by atoms with Crippen LogP contribution in [0.1, 0.15) is 6.92 Å². The SMILES string of the molecule is CCN(CC1CO1)C(N)=O.Cl. The summed E-state index contributed by atoms with van der Waals surface area (Å²) in [5, 5.41) is 0. The Hall–Kier alpha value is -0.480. The van der Waals surface area contributed by atoms with E-state index >= 15 is 0 Å². The third-order valence-electron chi connectivity index (χ3n) is 1.52. The number of ether oxygens (including phenoxy) is 1. The third kappa shape index (κ3) is 3.43. The van der Waals surface area contributed by atoms with E-state index in [1.807, 2.05) is 6.92 Å². The van der Waals surface area contributed by atoms with Crippen LogP contribution in [0, 0.1) is 0 Å². The molecule has 1 saturated heterocycles. The van der Waals surface area contributed by atoms with Crippen molar-refractivity contribution in [1.29, 1.82) is 0 Å². The first-order valence-electron chi connectivity index (χ1n) is 3.40. The van der Waals surface area contributed by atoms with E-state index in [-0.39, 0.29) is 24.5 Å². The number of rotatable bonds is 3. The van der Waals surface area contributed by atoms with Crippen LogP contribution in [0.3, 0.4) is 0 Å². The molecule has 0 radical (unpaired) electrons. The number of carbonyl (C=O) groups excluding carboxylic acids is 1. The molecule has 11 heavy (non-hydrogen) atoms. The molecule has 1 heterocycles. The monoisotopic (exact) mass is 180 g/mol. The predicted molar refractivity (Wildman–Crippen MR) is 43.8 cm³/mol. The van der Waals surface area contributed by atoms with Crippen molar-refractivity contribution in [3.63, 3.8) is 0 Å². The fourth-order valence-electron chi connectivity index (χ4n) is 0.794. The van der Waals surface area contributed by atoms with Crippen LogP contribution >= 0.6 is 12.4 Å². The first-order chi connectivity index (χ1) is 4.74. The van der Waals surface area contributed by atoms with Crippen LogP contribution < -0.4 is 5.73 Å². The quantitative estimate of drug-likeness (QED) is 0.632. The van der Waals surface area contributed by atoms with Gasteiger partial charge in [0, 0.05) is 6.54 Å². The average Bonchev–Trinajstić information content (AvgIpc) is 2.64. The molecule has 5 heteroatoms. The van der Waals surface area contributed by atoms with Gasteiger partial charge in [0.25, 0.3) is 0 Å². The van der Waals surface area contributed by atoms with Crippen LogP contribution in [-0.2, 0) is 4.74 Å². The van der Waals surface area contributed by atoms with Gasteiger partial charge in [-0.15, -0.1) is 12.4 Å². The molecule has 1 aliphatic rings. The second-order valence-corrected chi connectivity index (χ2v) is 2.33. The van der Waals surface area contributed by atoms with Gasteiger partial charge in [-0.25, -0.2) is 4.79 Å². The summed E-state index contributed by atoms with van der Waals surface area (Å²) in [7, 11) is 0. The lowest BCUT2D eigenvalue weighted by Gasteiger charge is -2.15. The van der Waals surface area contributed by atoms with Gasteiger partial charge < -0.3 is 15.4 Å². The van der Waals surface area contributed by atoms with Gasteiger partial charge in [0.05, 0.1) is 19.3 Å². The Kier molecular flexibility index (Phi) is 4.22.